The lowest BCUT2D eigenvalue weighted by Gasteiger charge is -2.27. The Hall–Kier alpha value is -2.40. The van der Waals surface area contributed by atoms with E-state index in [-0.39, 0.29) is 0 Å². The van der Waals surface area contributed by atoms with Crippen LogP contribution in [0.4, 0.5) is 5.82 Å². The van der Waals surface area contributed by atoms with Gasteiger partial charge in [-0.3, -0.25) is 4.98 Å². The number of ether oxygens (including phenoxy) is 2. The maximum absolute atomic E-state index is 5.46. The lowest BCUT2D eigenvalue weighted by Crippen LogP contribution is -2.36. The van der Waals surface area contributed by atoms with Crippen LogP contribution in [0, 0.1) is 13.8 Å². The van der Waals surface area contributed by atoms with Crippen LogP contribution in [0.2, 0.25) is 0 Å². The van der Waals surface area contributed by atoms with Gasteiger partial charge in [-0.1, -0.05) is 6.07 Å². The van der Waals surface area contributed by atoms with Crippen molar-refractivity contribution in [3.05, 3.63) is 46.9 Å². The van der Waals surface area contributed by atoms with Gasteiger partial charge in [0.25, 0.3) is 0 Å². The molecule has 3 rings (SSSR count). The average Bonchev–Trinajstić information content (AvgIpc) is 2.62. The number of methoxy groups -OCH3 is 1. The Morgan fingerprint density at radius 3 is 2.71 bits per heavy atom. The van der Waals surface area contributed by atoms with Gasteiger partial charge in [0.1, 0.15) is 11.6 Å². The minimum absolute atomic E-state index is 0.758. The summed E-state index contributed by atoms with van der Waals surface area (Å²) in [5.41, 5.74) is 3.90. The molecule has 3 heterocycles. The van der Waals surface area contributed by atoms with Gasteiger partial charge in [0, 0.05) is 30.4 Å². The fourth-order valence-electron chi connectivity index (χ4n) is 2.88. The van der Waals surface area contributed by atoms with Crippen molar-refractivity contribution in [3.8, 4) is 5.75 Å². The molecule has 1 saturated heterocycles. The van der Waals surface area contributed by atoms with E-state index in [1.54, 1.807) is 7.11 Å². The van der Waals surface area contributed by atoms with Crippen molar-refractivity contribution in [2.75, 3.05) is 38.3 Å². The SMILES string of the molecule is COc1c(C)cnc(C=Cc2cccc(N3CCOCC3)n2)c1C. The van der Waals surface area contributed by atoms with Gasteiger partial charge in [0.2, 0.25) is 0 Å². The van der Waals surface area contributed by atoms with Gasteiger partial charge in [-0.25, -0.2) is 4.98 Å². The molecule has 0 aliphatic carbocycles. The molecule has 0 bridgehead atoms. The third-order valence-corrected chi connectivity index (χ3v) is 4.19. The van der Waals surface area contributed by atoms with Gasteiger partial charge in [0.15, 0.2) is 0 Å². The summed E-state index contributed by atoms with van der Waals surface area (Å²) in [5, 5.41) is 0. The van der Waals surface area contributed by atoms with Crippen molar-refractivity contribution in [2.45, 2.75) is 13.8 Å². The minimum Gasteiger partial charge on any atom is -0.496 e. The van der Waals surface area contributed by atoms with Gasteiger partial charge in [0.05, 0.1) is 31.7 Å². The number of hydrogen-bond donors (Lipinski definition) is 0. The van der Waals surface area contributed by atoms with Gasteiger partial charge < -0.3 is 14.4 Å². The monoisotopic (exact) mass is 325 g/mol. The molecule has 0 radical (unpaired) electrons. The molecule has 0 saturated carbocycles. The van der Waals surface area contributed by atoms with Crippen molar-refractivity contribution < 1.29 is 9.47 Å². The highest BCUT2D eigenvalue weighted by Crippen LogP contribution is 2.25. The molecular formula is C19H23N3O2. The zero-order valence-corrected chi connectivity index (χ0v) is 14.5. The zero-order valence-electron chi connectivity index (χ0n) is 14.5. The summed E-state index contributed by atoms with van der Waals surface area (Å²) in [7, 11) is 1.69. The highest BCUT2D eigenvalue weighted by molar-refractivity contribution is 5.69. The van der Waals surface area contributed by atoms with Crippen molar-refractivity contribution in [2.24, 2.45) is 0 Å². The van der Waals surface area contributed by atoms with E-state index in [9.17, 15) is 0 Å². The number of pyridine rings is 2. The summed E-state index contributed by atoms with van der Waals surface area (Å²) in [6, 6.07) is 6.08. The van der Waals surface area contributed by atoms with E-state index in [4.69, 9.17) is 14.5 Å². The van der Waals surface area contributed by atoms with Crippen LogP contribution in [0.25, 0.3) is 12.2 Å². The molecule has 0 atom stereocenters. The second-order valence-corrected chi connectivity index (χ2v) is 5.84. The van der Waals surface area contributed by atoms with Gasteiger partial charge in [-0.05, 0) is 38.1 Å². The molecule has 0 N–H and O–H groups in total. The fraction of sp³-hybridized carbons (Fsp3) is 0.368. The fourth-order valence-corrected chi connectivity index (χ4v) is 2.88. The third-order valence-electron chi connectivity index (χ3n) is 4.19. The summed E-state index contributed by atoms with van der Waals surface area (Å²) >= 11 is 0. The number of nitrogens with zero attached hydrogens (tertiary/aromatic N) is 3. The molecule has 1 aliphatic rings. The van der Waals surface area contributed by atoms with Crippen LogP contribution in [0.5, 0.6) is 5.75 Å². The van der Waals surface area contributed by atoms with E-state index < -0.39 is 0 Å². The minimum atomic E-state index is 0.758. The third kappa shape index (κ3) is 3.57. The first kappa shape index (κ1) is 16.5. The van der Waals surface area contributed by atoms with Crippen LogP contribution in [-0.4, -0.2) is 43.4 Å². The zero-order chi connectivity index (χ0) is 16.9. The first-order valence-corrected chi connectivity index (χ1v) is 8.17. The predicted octanol–water partition coefficient (Wildman–Crippen LogP) is 3.11. The normalized spacial score (nSPS) is 15.0. The Balaban J connectivity index is 1.82. The Kier molecular flexibility index (Phi) is 5.11. The Morgan fingerprint density at radius 1 is 1.17 bits per heavy atom. The van der Waals surface area contributed by atoms with Crippen molar-refractivity contribution in [1.29, 1.82) is 0 Å². The van der Waals surface area contributed by atoms with E-state index in [0.29, 0.717) is 0 Å². The first-order chi connectivity index (χ1) is 11.7. The van der Waals surface area contributed by atoms with Crippen LogP contribution in [0.3, 0.4) is 0 Å². The summed E-state index contributed by atoms with van der Waals surface area (Å²) < 4.78 is 10.9. The van der Waals surface area contributed by atoms with E-state index in [1.807, 2.05) is 50.4 Å². The molecule has 1 fully saturated rings. The largest absolute Gasteiger partial charge is 0.496 e. The molecule has 126 valence electrons. The Labute approximate surface area is 143 Å². The molecule has 0 unspecified atom stereocenters. The van der Waals surface area contributed by atoms with Crippen molar-refractivity contribution >= 4 is 18.0 Å². The molecule has 5 nitrogen and oxygen atoms in total. The highest BCUT2D eigenvalue weighted by Gasteiger charge is 2.12. The lowest BCUT2D eigenvalue weighted by molar-refractivity contribution is 0.122. The summed E-state index contributed by atoms with van der Waals surface area (Å²) in [5.74, 6) is 1.88. The predicted molar refractivity (Wildman–Crippen MR) is 96.5 cm³/mol. The van der Waals surface area contributed by atoms with Crippen LogP contribution in [-0.2, 0) is 4.74 Å². The topological polar surface area (TPSA) is 47.5 Å². The molecule has 5 heteroatoms. The second kappa shape index (κ2) is 7.45. The van der Waals surface area contributed by atoms with Crippen LogP contribution >= 0.6 is 0 Å². The van der Waals surface area contributed by atoms with Crippen molar-refractivity contribution in [3.63, 3.8) is 0 Å². The number of hydrogen-bond acceptors (Lipinski definition) is 5. The van der Waals surface area contributed by atoms with Crippen LogP contribution in [0.15, 0.2) is 24.4 Å². The molecule has 0 aromatic carbocycles. The number of aromatic nitrogens is 2. The Morgan fingerprint density at radius 2 is 1.96 bits per heavy atom. The molecule has 1 aliphatic heterocycles. The summed E-state index contributed by atoms with van der Waals surface area (Å²) in [6.07, 6.45) is 5.82. The quantitative estimate of drug-likeness (QED) is 0.864. The maximum Gasteiger partial charge on any atom is 0.129 e. The molecule has 0 spiro atoms. The number of rotatable bonds is 4. The Bertz CT molecular complexity index is 737. The van der Waals surface area contributed by atoms with E-state index in [2.05, 4.69) is 9.88 Å². The number of anilines is 1. The summed E-state index contributed by atoms with van der Waals surface area (Å²) in [4.78, 5) is 11.5. The van der Waals surface area contributed by atoms with E-state index in [0.717, 1.165) is 60.4 Å². The first-order valence-electron chi connectivity index (χ1n) is 8.17. The molecule has 24 heavy (non-hydrogen) atoms. The van der Waals surface area contributed by atoms with Gasteiger partial charge in [-0.15, -0.1) is 0 Å². The van der Waals surface area contributed by atoms with E-state index in [1.165, 1.54) is 0 Å². The highest BCUT2D eigenvalue weighted by atomic mass is 16.5. The molecule has 2 aromatic rings. The van der Waals surface area contributed by atoms with Gasteiger partial charge in [-0.2, -0.15) is 0 Å². The molecular weight excluding hydrogens is 302 g/mol. The van der Waals surface area contributed by atoms with Crippen LogP contribution in [0.1, 0.15) is 22.5 Å². The molecule has 2 aromatic heterocycles. The number of aryl methyl sites for hydroxylation is 1. The average molecular weight is 325 g/mol. The van der Waals surface area contributed by atoms with Crippen LogP contribution < -0.4 is 9.64 Å². The smallest absolute Gasteiger partial charge is 0.129 e. The maximum atomic E-state index is 5.46. The summed E-state index contributed by atoms with van der Waals surface area (Å²) in [6.45, 7) is 7.31. The van der Waals surface area contributed by atoms with Gasteiger partial charge >= 0.3 is 0 Å². The number of morpholine rings is 1. The second-order valence-electron chi connectivity index (χ2n) is 5.84. The standard InChI is InChI=1S/C19H23N3O2/c1-14-13-20-17(15(2)19(14)23-3)8-7-16-5-4-6-18(21-16)22-9-11-24-12-10-22/h4-8,13H,9-12H2,1-3H3. The lowest BCUT2D eigenvalue weighted by atomic mass is 10.1. The van der Waals surface area contributed by atoms with E-state index >= 15 is 0 Å². The van der Waals surface area contributed by atoms with Crippen molar-refractivity contribution in [1.82, 2.24) is 9.97 Å². The molecule has 0 amide bonds.